The average molecular weight is 132 g/mol. The summed E-state index contributed by atoms with van der Waals surface area (Å²) < 4.78 is 4.91. The maximum absolute atomic E-state index is 9.15. The van der Waals surface area contributed by atoms with E-state index in [-0.39, 0.29) is 0 Å². The molecule has 1 aliphatic heterocycles. The van der Waals surface area contributed by atoms with Gasteiger partial charge in [0.2, 0.25) is 0 Å². The average Bonchev–Trinajstić information content (AvgIpc) is 2.47. The molecule has 2 N–H and O–H groups in total. The summed E-state index contributed by atoms with van der Waals surface area (Å²) in [6.45, 7) is 3.89. The number of hydrogen-bond acceptors (Lipinski definition) is 3. The van der Waals surface area contributed by atoms with E-state index < -0.39 is 17.8 Å². The molecule has 0 spiro atoms. The lowest BCUT2D eigenvalue weighted by molar-refractivity contribution is -0.0156. The molecule has 0 aromatic heterocycles. The highest BCUT2D eigenvalue weighted by atomic mass is 16.6. The molecular weight excluding hydrogens is 120 g/mol. The van der Waals surface area contributed by atoms with Crippen molar-refractivity contribution in [1.82, 2.24) is 0 Å². The summed E-state index contributed by atoms with van der Waals surface area (Å²) in [7, 11) is 0. The van der Waals surface area contributed by atoms with Crippen molar-refractivity contribution in [2.75, 3.05) is 6.61 Å². The number of rotatable bonds is 2. The van der Waals surface area contributed by atoms with Gasteiger partial charge in [-0.3, -0.25) is 0 Å². The molecule has 1 fully saturated rings. The molecule has 0 radical (unpaired) electrons. The highest BCUT2D eigenvalue weighted by Crippen LogP contribution is 2.31. The standard InChI is InChI=1S/C6H12O3/c1-4(7)5(8)6(2)3-9-6/h4-5,7-8H,3H2,1-2H3. The van der Waals surface area contributed by atoms with Gasteiger partial charge in [-0.2, -0.15) is 0 Å². The van der Waals surface area contributed by atoms with Crippen LogP contribution in [0.5, 0.6) is 0 Å². The van der Waals surface area contributed by atoms with E-state index in [1.807, 2.05) is 0 Å². The van der Waals surface area contributed by atoms with E-state index in [2.05, 4.69) is 0 Å². The fraction of sp³-hybridized carbons (Fsp3) is 1.00. The largest absolute Gasteiger partial charge is 0.391 e. The molecule has 3 nitrogen and oxygen atoms in total. The Morgan fingerprint density at radius 3 is 2.11 bits per heavy atom. The van der Waals surface area contributed by atoms with Gasteiger partial charge in [0.1, 0.15) is 11.7 Å². The van der Waals surface area contributed by atoms with Crippen LogP contribution < -0.4 is 0 Å². The molecule has 3 atom stereocenters. The highest BCUT2D eigenvalue weighted by Gasteiger charge is 2.48. The first-order valence-corrected chi connectivity index (χ1v) is 3.06. The molecule has 0 aliphatic carbocycles. The molecule has 0 bridgehead atoms. The van der Waals surface area contributed by atoms with E-state index in [1.54, 1.807) is 13.8 Å². The Hall–Kier alpha value is -0.120. The van der Waals surface area contributed by atoms with Crippen LogP contribution in [0.1, 0.15) is 13.8 Å². The lowest BCUT2D eigenvalue weighted by Gasteiger charge is -2.16. The van der Waals surface area contributed by atoms with Gasteiger partial charge in [-0.05, 0) is 13.8 Å². The number of hydrogen-bond donors (Lipinski definition) is 2. The Labute approximate surface area is 54.3 Å². The first kappa shape index (κ1) is 6.99. The van der Waals surface area contributed by atoms with Crippen LogP contribution in [0.2, 0.25) is 0 Å². The number of ether oxygens (including phenoxy) is 1. The van der Waals surface area contributed by atoms with Crippen molar-refractivity contribution >= 4 is 0 Å². The van der Waals surface area contributed by atoms with Gasteiger partial charge in [-0.1, -0.05) is 0 Å². The molecule has 0 aromatic rings. The summed E-state index contributed by atoms with van der Waals surface area (Å²) in [4.78, 5) is 0. The Morgan fingerprint density at radius 1 is 1.56 bits per heavy atom. The fourth-order valence-corrected chi connectivity index (χ4v) is 0.795. The van der Waals surface area contributed by atoms with Crippen molar-refractivity contribution in [3.8, 4) is 0 Å². The molecule has 54 valence electrons. The first-order chi connectivity index (χ1) is 4.06. The maximum Gasteiger partial charge on any atom is 0.117 e. The molecule has 0 amide bonds. The second-order valence-corrected chi connectivity index (χ2v) is 2.79. The normalized spacial score (nSPS) is 40.0. The molecule has 1 rings (SSSR count). The molecule has 0 saturated carbocycles. The van der Waals surface area contributed by atoms with E-state index in [9.17, 15) is 0 Å². The third-order valence-corrected chi connectivity index (χ3v) is 1.68. The van der Waals surface area contributed by atoms with Crippen molar-refractivity contribution in [2.24, 2.45) is 0 Å². The quantitative estimate of drug-likeness (QED) is 0.499. The first-order valence-electron chi connectivity index (χ1n) is 3.06. The van der Waals surface area contributed by atoms with Crippen molar-refractivity contribution in [3.05, 3.63) is 0 Å². The Morgan fingerprint density at radius 2 is 2.00 bits per heavy atom. The van der Waals surface area contributed by atoms with Crippen LogP contribution in [-0.2, 0) is 4.74 Å². The monoisotopic (exact) mass is 132 g/mol. The molecular formula is C6H12O3. The van der Waals surface area contributed by atoms with E-state index in [4.69, 9.17) is 14.9 Å². The highest BCUT2D eigenvalue weighted by molar-refractivity contribution is 4.96. The Bertz CT molecular complexity index is 107. The zero-order valence-corrected chi connectivity index (χ0v) is 5.66. The molecule has 3 heteroatoms. The van der Waals surface area contributed by atoms with Crippen LogP contribution in [-0.4, -0.2) is 34.6 Å². The molecule has 9 heavy (non-hydrogen) atoms. The van der Waals surface area contributed by atoms with Crippen LogP contribution in [0.4, 0.5) is 0 Å². The van der Waals surface area contributed by atoms with Gasteiger partial charge in [0.25, 0.3) is 0 Å². The van der Waals surface area contributed by atoms with Gasteiger partial charge in [0.15, 0.2) is 0 Å². The zero-order valence-electron chi connectivity index (χ0n) is 5.66. The van der Waals surface area contributed by atoms with Gasteiger partial charge in [-0.15, -0.1) is 0 Å². The molecule has 0 aromatic carbocycles. The maximum atomic E-state index is 9.15. The topological polar surface area (TPSA) is 53.0 Å². The Kier molecular flexibility index (Phi) is 1.50. The predicted octanol–water partition coefficient (Wildman–Crippen LogP) is -0.483. The van der Waals surface area contributed by atoms with Crippen LogP contribution in [0.15, 0.2) is 0 Å². The van der Waals surface area contributed by atoms with E-state index in [1.165, 1.54) is 0 Å². The van der Waals surface area contributed by atoms with Crippen LogP contribution in [0, 0.1) is 0 Å². The second kappa shape index (κ2) is 1.94. The minimum atomic E-state index is -0.738. The van der Waals surface area contributed by atoms with E-state index in [0.717, 1.165) is 0 Å². The lowest BCUT2D eigenvalue weighted by Crippen LogP contribution is -2.36. The van der Waals surface area contributed by atoms with Crippen molar-refractivity contribution in [2.45, 2.75) is 31.7 Å². The predicted molar refractivity (Wildman–Crippen MR) is 32.0 cm³/mol. The number of epoxide rings is 1. The van der Waals surface area contributed by atoms with Gasteiger partial charge in [-0.25, -0.2) is 0 Å². The van der Waals surface area contributed by atoms with Gasteiger partial charge < -0.3 is 14.9 Å². The van der Waals surface area contributed by atoms with Crippen LogP contribution in [0.3, 0.4) is 0 Å². The minimum absolute atomic E-state index is 0.464. The third kappa shape index (κ3) is 1.23. The van der Waals surface area contributed by atoms with Gasteiger partial charge in [0.05, 0.1) is 12.7 Å². The number of aliphatic hydroxyl groups is 2. The summed E-state index contributed by atoms with van der Waals surface area (Å²) in [5, 5.41) is 18.0. The SMILES string of the molecule is CC(O)C(O)C1(C)CO1. The summed E-state index contributed by atoms with van der Waals surface area (Å²) in [5.74, 6) is 0. The summed E-state index contributed by atoms with van der Waals surface area (Å²) in [6.07, 6.45) is -1.44. The molecule has 3 unspecified atom stereocenters. The summed E-state index contributed by atoms with van der Waals surface area (Å²) >= 11 is 0. The molecule has 1 saturated heterocycles. The van der Waals surface area contributed by atoms with Gasteiger partial charge in [0, 0.05) is 0 Å². The van der Waals surface area contributed by atoms with Crippen LogP contribution >= 0.6 is 0 Å². The zero-order chi connectivity index (χ0) is 7.07. The van der Waals surface area contributed by atoms with Crippen LogP contribution in [0.25, 0.3) is 0 Å². The lowest BCUT2D eigenvalue weighted by atomic mass is 10.0. The van der Waals surface area contributed by atoms with E-state index in [0.29, 0.717) is 6.61 Å². The van der Waals surface area contributed by atoms with Crippen molar-refractivity contribution in [3.63, 3.8) is 0 Å². The summed E-state index contributed by atoms with van der Waals surface area (Å²) in [6, 6.07) is 0. The molecule has 1 heterocycles. The van der Waals surface area contributed by atoms with Crippen molar-refractivity contribution < 1.29 is 14.9 Å². The molecule has 1 aliphatic rings. The second-order valence-electron chi connectivity index (χ2n) is 2.79. The van der Waals surface area contributed by atoms with Crippen molar-refractivity contribution in [1.29, 1.82) is 0 Å². The van der Waals surface area contributed by atoms with E-state index >= 15 is 0 Å². The smallest absolute Gasteiger partial charge is 0.117 e. The third-order valence-electron chi connectivity index (χ3n) is 1.68. The summed E-state index contributed by atoms with van der Waals surface area (Å²) in [5.41, 5.74) is -0.464. The minimum Gasteiger partial charge on any atom is -0.391 e. The fourth-order valence-electron chi connectivity index (χ4n) is 0.795. The number of aliphatic hydroxyl groups excluding tert-OH is 2. The Balaban J connectivity index is 2.42. The van der Waals surface area contributed by atoms with Gasteiger partial charge >= 0.3 is 0 Å².